The Morgan fingerprint density at radius 2 is 1.16 bits per heavy atom. The van der Waals surface area contributed by atoms with Crippen molar-refractivity contribution in [3.8, 4) is 27.9 Å². The lowest BCUT2D eigenvalue weighted by Gasteiger charge is -2.20. The molecule has 4 heteroatoms. The summed E-state index contributed by atoms with van der Waals surface area (Å²) in [4.78, 5) is 5.44. The summed E-state index contributed by atoms with van der Waals surface area (Å²) in [6.45, 7) is 0. The van der Waals surface area contributed by atoms with Crippen LogP contribution in [-0.4, -0.2) is 14.8 Å². The highest BCUT2D eigenvalue weighted by Crippen LogP contribution is 2.47. The quantitative estimate of drug-likeness (QED) is 0.177. The molecule has 0 saturated carbocycles. The van der Waals surface area contributed by atoms with Crippen LogP contribution in [0, 0.1) is 0 Å². The minimum Gasteiger partial charge on any atom is -0.309 e. The van der Waals surface area contributed by atoms with Crippen LogP contribution in [0.1, 0.15) is 11.7 Å². The van der Waals surface area contributed by atoms with Crippen LogP contribution < -0.4 is 5.32 Å². The molecule has 0 radical (unpaired) electrons. The summed E-state index contributed by atoms with van der Waals surface area (Å²) in [6, 6.07) is 66.9. The van der Waals surface area contributed by atoms with E-state index in [0.717, 1.165) is 17.1 Å². The molecule has 56 heavy (non-hydrogen) atoms. The number of rotatable bonds is 3. The van der Waals surface area contributed by atoms with E-state index in [4.69, 9.17) is 4.99 Å². The Balaban J connectivity index is 1.20. The zero-order valence-corrected chi connectivity index (χ0v) is 30.3. The summed E-state index contributed by atoms with van der Waals surface area (Å²) in [5, 5.41) is 12.5. The van der Waals surface area contributed by atoms with E-state index in [2.05, 4.69) is 196 Å². The summed E-state index contributed by atoms with van der Waals surface area (Å²) in [5.41, 5.74) is 15.4. The topological polar surface area (TPSA) is 38.8 Å². The zero-order chi connectivity index (χ0) is 36.5. The van der Waals surface area contributed by atoms with E-state index in [1.165, 1.54) is 98.7 Å². The number of hydrogen-bond acceptors (Lipinski definition) is 1. The molecule has 0 bridgehead atoms. The average Bonchev–Trinajstić information content (AvgIpc) is 3.88. The standard InChI is InChI=1S/C52H32N4/c1-3-13-31(14-4-1)35-23-24-39-46(27-35)55(48-30-40(32-15-5-2-6-16-32)37-19-9-10-20-38(37)49(39)48)36-28-42-41-25-33-17-7-8-18-34(33)26-47(41)56-51(42)43(29-36)50-52(56)54-45-22-12-11-21-44(45)53-50/h1-30,52,54H/p+1. The molecule has 9 aromatic carbocycles. The molecule has 11 aromatic rings. The van der Waals surface area contributed by atoms with Crippen molar-refractivity contribution in [1.29, 1.82) is 0 Å². The molecule has 2 N–H and O–H groups in total. The van der Waals surface area contributed by atoms with Crippen LogP contribution in [0.2, 0.25) is 0 Å². The van der Waals surface area contributed by atoms with Gasteiger partial charge in [0.25, 0.3) is 0 Å². The number of quaternary nitrogens is 1. The number of para-hydroxylation sites is 2. The van der Waals surface area contributed by atoms with E-state index in [9.17, 15) is 0 Å². The Morgan fingerprint density at radius 1 is 0.446 bits per heavy atom. The van der Waals surface area contributed by atoms with E-state index in [-0.39, 0.29) is 6.17 Å². The smallest absolute Gasteiger partial charge is 0.215 e. The molecule has 2 aliphatic rings. The molecule has 1 atom stereocenters. The lowest BCUT2D eigenvalue weighted by molar-refractivity contribution is -0.614. The van der Waals surface area contributed by atoms with Gasteiger partial charge in [-0.15, -0.1) is 0 Å². The van der Waals surface area contributed by atoms with Gasteiger partial charge in [0.05, 0.1) is 22.1 Å². The zero-order valence-electron chi connectivity index (χ0n) is 30.3. The van der Waals surface area contributed by atoms with Crippen LogP contribution in [0.4, 0.5) is 11.4 Å². The third-order valence-corrected chi connectivity index (χ3v) is 12.3. The van der Waals surface area contributed by atoms with Crippen LogP contribution >= 0.6 is 0 Å². The highest BCUT2D eigenvalue weighted by atomic mass is 15.2. The first-order valence-electron chi connectivity index (χ1n) is 19.4. The van der Waals surface area contributed by atoms with Gasteiger partial charge in [-0.3, -0.25) is 9.88 Å². The van der Waals surface area contributed by atoms with Gasteiger partial charge in [-0.25, -0.2) is 4.99 Å². The van der Waals surface area contributed by atoms with Gasteiger partial charge in [-0.05, 0) is 86.3 Å². The Morgan fingerprint density at radius 3 is 2.00 bits per heavy atom. The van der Waals surface area contributed by atoms with Gasteiger partial charge in [0.2, 0.25) is 6.17 Å². The van der Waals surface area contributed by atoms with Crippen molar-refractivity contribution < 1.29 is 5.32 Å². The molecule has 1 unspecified atom stereocenters. The molecule has 260 valence electrons. The fourth-order valence-corrected chi connectivity index (χ4v) is 9.88. The van der Waals surface area contributed by atoms with Gasteiger partial charge in [0, 0.05) is 38.9 Å². The third kappa shape index (κ3) is 4.08. The second-order valence-electron chi connectivity index (χ2n) is 15.3. The summed E-state index contributed by atoms with van der Waals surface area (Å²) < 4.78 is 5.08. The van der Waals surface area contributed by atoms with Gasteiger partial charge in [0.15, 0.2) is 5.69 Å². The van der Waals surface area contributed by atoms with Gasteiger partial charge in [-0.1, -0.05) is 133 Å². The molecular formula is C52H33N4+. The first-order chi connectivity index (χ1) is 27.8. The van der Waals surface area contributed by atoms with E-state index >= 15 is 0 Å². The second kappa shape index (κ2) is 11.1. The van der Waals surface area contributed by atoms with Crippen LogP contribution in [0.15, 0.2) is 187 Å². The predicted octanol–water partition coefficient (Wildman–Crippen LogP) is 12.4. The Bertz CT molecular complexity index is 3500. The van der Waals surface area contributed by atoms with E-state index in [0.29, 0.717) is 0 Å². The summed E-state index contributed by atoms with van der Waals surface area (Å²) >= 11 is 0. The maximum Gasteiger partial charge on any atom is 0.215 e. The van der Waals surface area contributed by atoms with Crippen molar-refractivity contribution in [2.24, 2.45) is 4.99 Å². The minimum absolute atomic E-state index is 0.00720. The van der Waals surface area contributed by atoms with Gasteiger partial charge >= 0.3 is 0 Å². The summed E-state index contributed by atoms with van der Waals surface area (Å²) in [6.07, 6.45) is 0.00720. The number of fused-ring (bicyclic) bond motifs is 13. The molecule has 0 aliphatic carbocycles. The molecule has 2 aliphatic heterocycles. The Hall–Kier alpha value is -7.27. The molecule has 0 fully saturated rings. The number of aliphatic imine (C=N–C) groups is 1. The van der Waals surface area contributed by atoms with Gasteiger partial charge in [-0.2, -0.15) is 0 Å². The van der Waals surface area contributed by atoms with Crippen LogP contribution in [0.5, 0.6) is 0 Å². The molecule has 4 heterocycles. The monoisotopic (exact) mass is 713 g/mol. The van der Waals surface area contributed by atoms with Crippen LogP contribution in [0.25, 0.3) is 93.1 Å². The largest absolute Gasteiger partial charge is 0.309 e. The average molecular weight is 714 g/mol. The Labute approximate surface area is 322 Å². The van der Waals surface area contributed by atoms with Crippen LogP contribution in [-0.2, 0) is 0 Å². The maximum absolute atomic E-state index is 5.44. The number of aromatic nitrogens is 2. The van der Waals surface area contributed by atoms with Gasteiger partial charge in [0.1, 0.15) is 11.4 Å². The number of nitrogens with two attached hydrogens (primary N) is 1. The van der Waals surface area contributed by atoms with Crippen molar-refractivity contribution >= 4 is 82.2 Å². The minimum atomic E-state index is 0.00720. The molecule has 13 rings (SSSR count). The maximum atomic E-state index is 5.44. The molecule has 0 saturated heterocycles. The van der Waals surface area contributed by atoms with E-state index in [1.54, 1.807) is 0 Å². The fraction of sp³-hybridized carbons (Fsp3) is 0.0192. The lowest BCUT2D eigenvalue weighted by atomic mass is 9.94. The van der Waals surface area contributed by atoms with Crippen molar-refractivity contribution in [3.63, 3.8) is 0 Å². The molecule has 2 aromatic heterocycles. The summed E-state index contributed by atoms with van der Waals surface area (Å²) in [5.74, 6) is 0. The summed E-state index contributed by atoms with van der Waals surface area (Å²) in [7, 11) is 0. The van der Waals surface area contributed by atoms with Crippen molar-refractivity contribution in [3.05, 3.63) is 188 Å². The van der Waals surface area contributed by atoms with E-state index in [1.807, 2.05) is 0 Å². The highest BCUT2D eigenvalue weighted by molar-refractivity contribution is 6.27. The molecule has 0 amide bonds. The number of nitrogens with zero attached hydrogens (tertiary/aromatic N) is 3. The molecular weight excluding hydrogens is 681 g/mol. The first kappa shape index (κ1) is 30.1. The number of hydrogen-bond donors (Lipinski definition) is 1. The van der Waals surface area contributed by atoms with Gasteiger partial charge < -0.3 is 4.57 Å². The molecule has 0 spiro atoms. The lowest BCUT2D eigenvalue weighted by Crippen LogP contribution is -2.82. The molecule has 4 nitrogen and oxygen atoms in total. The normalized spacial score (nSPS) is 14.6. The first-order valence-corrected chi connectivity index (χ1v) is 19.4. The van der Waals surface area contributed by atoms with E-state index < -0.39 is 0 Å². The number of benzene rings is 9. The third-order valence-electron chi connectivity index (χ3n) is 12.3. The predicted molar refractivity (Wildman–Crippen MR) is 233 cm³/mol. The van der Waals surface area contributed by atoms with Crippen molar-refractivity contribution in [1.82, 2.24) is 9.13 Å². The van der Waals surface area contributed by atoms with Crippen LogP contribution in [0.3, 0.4) is 0 Å². The Kier molecular flexibility index (Phi) is 5.99. The SMILES string of the molecule is c1ccc(-c2ccc3c4c5ccccc5c(-c5ccccc5)cc4n(-c4cc5c6c(c4)c4cc7ccccc7cc4n6C4[NH2+]c6ccccc6N=C54)c3c2)cc1. The second-order valence-corrected chi connectivity index (χ2v) is 15.3. The fourth-order valence-electron chi connectivity index (χ4n) is 9.88. The van der Waals surface area contributed by atoms with Crippen molar-refractivity contribution in [2.75, 3.05) is 0 Å². The van der Waals surface area contributed by atoms with Crippen molar-refractivity contribution in [2.45, 2.75) is 6.17 Å². The highest BCUT2D eigenvalue weighted by Gasteiger charge is 2.40.